The molecule has 0 aromatic rings. The Balaban J connectivity index is 3.71. The lowest BCUT2D eigenvalue weighted by Crippen LogP contribution is -2.25. The molecule has 0 N–H and O–H groups in total. The number of halogens is 5. The zero-order valence-electron chi connectivity index (χ0n) is 3.38. The van der Waals surface area contributed by atoms with Crippen molar-refractivity contribution in [1.29, 1.82) is 0 Å². The quantitative estimate of drug-likeness (QED) is 0.616. The molecule has 0 aliphatic heterocycles. The van der Waals surface area contributed by atoms with Crippen LogP contribution in [-0.2, 0) is 3.83 Å². The van der Waals surface area contributed by atoms with Crippen LogP contribution in [-0.4, -0.2) is 12.5 Å². The van der Waals surface area contributed by atoms with E-state index in [0.717, 1.165) is 0 Å². The lowest BCUT2D eigenvalue weighted by molar-refractivity contribution is -0.241. The van der Waals surface area contributed by atoms with Crippen molar-refractivity contribution in [2.45, 2.75) is 12.5 Å². The minimum absolute atomic E-state index is 1.74. The summed E-state index contributed by atoms with van der Waals surface area (Å²) in [6.07, 6.45) is -8.16. The van der Waals surface area contributed by atoms with Crippen LogP contribution in [0.25, 0.3) is 0 Å². The van der Waals surface area contributed by atoms with Gasteiger partial charge in [0.2, 0.25) is 0 Å². The smallest absolute Gasteiger partial charge is 0.236 e. The molecule has 6 heteroatoms. The highest BCUT2D eigenvalue weighted by atomic mass is 79.9. The minimum Gasteiger partial charge on any atom is -0.236 e. The fourth-order valence-corrected chi connectivity index (χ4v) is 0.175. The summed E-state index contributed by atoms with van der Waals surface area (Å²) in [6.45, 7) is 0. The van der Waals surface area contributed by atoms with Gasteiger partial charge in [-0.2, -0.15) is 8.78 Å². The van der Waals surface area contributed by atoms with Gasteiger partial charge in [-0.1, -0.05) is 0 Å². The topological polar surface area (TPSA) is 9.23 Å². The van der Waals surface area contributed by atoms with Crippen molar-refractivity contribution in [2.24, 2.45) is 0 Å². The molecular formula is C2HBrF4O. The molecule has 50 valence electrons. The standard InChI is InChI=1S/C2HBrF4O/c3-8-2(6,7)1(4)5/h1H. The third-order valence-electron chi connectivity index (χ3n) is 0.357. The van der Waals surface area contributed by atoms with Crippen molar-refractivity contribution in [2.75, 3.05) is 0 Å². The van der Waals surface area contributed by atoms with Crippen molar-refractivity contribution in [3.8, 4) is 0 Å². The second kappa shape index (κ2) is 2.63. The summed E-state index contributed by atoms with van der Waals surface area (Å²) in [5.41, 5.74) is 0. The van der Waals surface area contributed by atoms with Crippen LogP contribution in [0.4, 0.5) is 17.6 Å². The van der Waals surface area contributed by atoms with E-state index in [4.69, 9.17) is 0 Å². The van der Waals surface area contributed by atoms with Crippen molar-refractivity contribution < 1.29 is 21.4 Å². The van der Waals surface area contributed by atoms with Gasteiger partial charge in [0.25, 0.3) is 0 Å². The van der Waals surface area contributed by atoms with E-state index in [-0.39, 0.29) is 0 Å². The van der Waals surface area contributed by atoms with Crippen molar-refractivity contribution in [1.82, 2.24) is 0 Å². The molecule has 0 aliphatic rings. The maximum atomic E-state index is 11.3. The Morgan fingerprint density at radius 3 is 1.75 bits per heavy atom. The van der Waals surface area contributed by atoms with E-state index in [1.165, 1.54) is 0 Å². The summed E-state index contributed by atoms with van der Waals surface area (Å²) in [5, 5.41) is 0. The summed E-state index contributed by atoms with van der Waals surface area (Å²) < 4.78 is 47.3. The minimum atomic E-state index is -4.38. The Labute approximate surface area is 51.1 Å². The highest BCUT2D eigenvalue weighted by Gasteiger charge is 2.41. The molecule has 0 heterocycles. The van der Waals surface area contributed by atoms with Crippen molar-refractivity contribution in [3.63, 3.8) is 0 Å². The molecule has 0 amide bonds. The Kier molecular flexibility index (Phi) is 2.68. The average molecular weight is 197 g/mol. The van der Waals surface area contributed by atoms with E-state index in [2.05, 4.69) is 3.83 Å². The van der Waals surface area contributed by atoms with Crippen LogP contribution >= 0.6 is 16.3 Å². The lowest BCUT2D eigenvalue weighted by Gasteiger charge is -2.08. The molecule has 0 bridgehead atoms. The lowest BCUT2D eigenvalue weighted by atomic mass is 10.7. The Morgan fingerprint density at radius 1 is 1.38 bits per heavy atom. The summed E-state index contributed by atoms with van der Waals surface area (Å²) in [5.74, 6) is 0. The molecule has 0 aromatic carbocycles. The normalized spacial score (nSPS) is 12.8. The summed E-state index contributed by atoms with van der Waals surface area (Å²) in [7, 11) is 0. The van der Waals surface area contributed by atoms with E-state index in [1.54, 1.807) is 16.3 Å². The fourth-order valence-electron chi connectivity index (χ4n) is 0.0337. The van der Waals surface area contributed by atoms with Crippen molar-refractivity contribution >= 4 is 16.3 Å². The third-order valence-corrected chi connectivity index (χ3v) is 0.789. The number of rotatable bonds is 2. The largest absolute Gasteiger partial charge is 0.426 e. The second-order valence-corrected chi connectivity index (χ2v) is 1.26. The SMILES string of the molecule is FC(F)C(F)(F)OBr. The zero-order chi connectivity index (χ0) is 6.78. The van der Waals surface area contributed by atoms with E-state index < -0.39 is 12.5 Å². The van der Waals surface area contributed by atoms with Crippen LogP contribution in [0.2, 0.25) is 0 Å². The molecule has 0 atom stereocenters. The molecule has 0 saturated carbocycles. The predicted octanol–water partition coefficient (Wildman–Crippen LogP) is 2.17. The fraction of sp³-hybridized carbons (Fsp3) is 1.00. The molecule has 0 rings (SSSR count). The van der Waals surface area contributed by atoms with Crippen LogP contribution in [0.5, 0.6) is 0 Å². The van der Waals surface area contributed by atoms with Gasteiger partial charge < -0.3 is 0 Å². The monoisotopic (exact) mass is 196 g/mol. The molecule has 0 saturated heterocycles. The first-order valence-corrected chi connectivity index (χ1v) is 2.11. The number of alkyl halides is 4. The van der Waals surface area contributed by atoms with Gasteiger partial charge >= 0.3 is 12.5 Å². The Morgan fingerprint density at radius 2 is 1.75 bits per heavy atom. The first-order valence-electron chi connectivity index (χ1n) is 1.46. The maximum absolute atomic E-state index is 11.3. The van der Waals surface area contributed by atoms with Crippen LogP contribution in [0.15, 0.2) is 0 Å². The van der Waals surface area contributed by atoms with E-state index in [1.807, 2.05) is 0 Å². The summed E-state index contributed by atoms with van der Waals surface area (Å²) in [6, 6.07) is 0. The summed E-state index contributed by atoms with van der Waals surface area (Å²) in [4.78, 5) is 0. The molecule has 0 fully saturated rings. The van der Waals surface area contributed by atoms with Gasteiger partial charge in [0.15, 0.2) is 0 Å². The van der Waals surface area contributed by atoms with Crippen LogP contribution in [0.1, 0.15) is 0 Å². The molecular weight excluding hydrogens is 196 g/mol. The van der Waals surface area contributed by atoms with E-state index in [0.29, 0.717) is 0 Å². The van der Waals surface area contributed by atoms with E-state index >= 15 is 0 Å². The van der Waals surface area contributed by atoms with Gasteiger partial charge in [-0.05, 0) is 0 Å². The Hall–Kier alpha value is 0.160. The highest BCUT2D eigenvalue weighted by molar-refractivity contribution is 9.06. The van der Waals surface area contributed by atoms with Gasteiger partial charge in [0, 0.05) is 0 Å². The molecule has 0 radical (unpaired) electrons. The molecule has 0 aliphatic carbocycles. The van der Waals surface area contributed by atoms with Gasteiger partial charge in [0.05, 0.1) is 0 Å². The first-order chi connectivity index (χ1) is 3.50. The predicted molar refractivity (Wildman–Crippen MR) is 21.0 cm³/mol. The molecule has 0 spiro atoms. The molecule has 0 unspecified atom stereocenters. The molecule has 0 aromatic heterocycles. The van der Waals surface area contributed by atoms with Crippen LogP contribution in [0.3, 0.4) is 0 Å². The maximum Gasteiger partial charge on any atom is 0.426 e. The summed E-state index contributed by atoms with van der Waals surface area (Å²) >= 11 is 1.74. The molecule has 1 nitrogen and oxygen atoms in total. The van der Waals surface area contributed by atoms with Crippen LogP contribution in [0, 0.1) is 0 Å². The van der Waals surface area contributed by atoms with Gasteiger partial charge in [-0.15, -0.1) is 0 Å². The zero-order valence-corrected chi connectivity index (χ0v) is 4.96. The first kappa shape index (κ1) is 8.16. The number of hydrogen-bond acceptors (Lipinski definition) is 1. The average Bonchev–Trinajstić information content (AvgIpc) is 1.67. The highest BCUT2D eigenvalue weighted by Crippen LogP contribution is 2.25. The van der Waals surface area contributed by atoms with Crippen LogP contribution < -0.4 is 0 Å². The second-order valence-electron chi connectivity index (χ2n) is 0.940. The van der Waals surface area contributed by atoms with Crippen molar-refractivity contribution in [3.05, 3.63) is 0 Å². The van der Waals surface area contributed by atoms with Gasteiger partial charge in [0.1, 0.15) is 16.3 Å². The van der Waals surface area contributed by atoms with Gasteiger partial charge in [-0.25, -0.2) is 12.6 Å². The molecule has 8 heavy (non-hydrogen) atoms. The third kappa shape index (κ3) is 1.95. The van der Waals surface area contributed by atoms with Gasteiger partial charge in [-0.3, -0.25) is 0 Å². The Bertz CT molecular complexity index is 74.4. The number of hydrogen-bond donors (Lipinski definition) is 0. The van der Waals surface area contributed by atoms with E-state index in [9.17, 15) is 17.6 Å².